The van der Waals surface area contributed by atoms with E-state index in [-0.39, 0.29) is 5.57 Å². The molecule has 6 heteroatoms. The van der Waals surface area contributed by atoms with Crippen LogP contribution in [0.3, 0.4) is 0 Å². The van der Waals surface area contributed by atoms with Gasteiger partial charge in [-0.1, -0.05) is 138 Å². The Hall–Kier alpha value is -6.06. The van der Waals surface area contributed by atoms with Gasteiger partial charge in [-0.15, -0.1) is 0 Å². The van der Waals surface area contributed by atoms with Crippen molar-refractivity contribution in [1.82, 2.24) is 0 Å². The molecule has 6 nitrogen and oxygen atoms in total. The summed E-state index contributed by atoms with van der Waals surface area (Å²) in [6.45, 7) is 3.10. The third-order valence-electron chi connectivity index (χ3n) is 9.81. The predicted molar refractivity (Wildman–Crippen MR) is 223 cm³/mol. The molecule has 0 saturated heterocycles. The number of ether oxygens (including phenoxy) is 1. The Kier molecular flexibility index (Phi) is 13.4. The summed E-state index contributed by atoms with van der Waals surface area (Å²) in [6, 6.07) is 43.0. The van der Waals surface area contributed by atoms with E-state index >= 15 is 0 Å². The van der Waals surface area contributed by atoms with Crippen LogP contribution in [0.25, 0.3) is 18.2 Å². The van der Waals surface area contributed by atoms with Crippen LogP contribution in [0.4, 0.5) is 28.4 Å². The highest BCUT2D eigenvalue weighted by atomic mass is 16.5. The summed E-state index contributed by atoms with van der Waals surface area (Å²) in [5, 5.41) is 18.8. The minimum absolute atomic E-state index is 0.318. The maximum absolute atomic E-state index is 11.5. The molecule has 0 bridgehead atoms. The lowest BCUT2D eigenvalue weighted by Crippen LogP contribution is -2.22. The van der Waals surface area contributed by atoms with Gasteiger partial charge in [0.1, 0.15) is 11.6 Å². The molecule has 0 fully saturated rings. The van der Waals surface area contributed by atoms with Crippen molar-refractivity contribution in [2.75, 3.05) is 16.3 Å². The van der Waals surface area contributed by atoms with Gasteiger partial charge in [-0.25, -0.2) is 4.79 Å². The summed E-state index contributed by atoms with van der Waals surface area (Å²) in [4.78, 5) is 16.1. The third-order valence-corrected chi connectivity index (χ3v) is 9.81. The number of carboxylic acid groups (broad SMARTS) is 1. The first-order valence-electron chi connectivity index (χ1n) is 19.3. The molecule has 0 spiro atoms. The van der Waals surface area contributed by atoms with Crippen LogP contribution in [0.5, 0.6) is 11.5 Å². The molecule has 1 aliphatic heterocycles. The van der Waals surface area contributed by atoms with Gasteiger partial charge in [0.25, 0.3) is 0 Å². The number of nitriles is 1. The molecule has 1 N–H and O–H groups in total. The van der Waals surface area contributed by atoms with E-state index in [1.54, 1.807) is 6.07 Å². The van der Waals surface area contributed by atoms with E-state index < -0.39 is 5.97 Å². The molecule has 1 aliphatic rings. The van der Waals surface area contributed by atoms with Crippen molar-refractivity contribution in [3.05, 3.63) is 144 Å². The van der Waals surface area contributed by atoms with Crippen molar-refractivity contribution in [3.8, 4) is 17.6 Å². The van der Waals surface area contributed by atoms with Crippen LogP contribution in [0.15, 0.2) is 127 Å². The maximum Gasteiger partial charge on any atom is 0.346 e. The molecule has 274 valence electrons. The van der Waals surface area contributed by atoms with Gasteiger partial charge in [0.2, 0.25) is 0 Å². The molecule has 5 aromatic rings. The fraction of sp³-hybridized carbons (Fsp3) is 0.250. The summed E-state index contributed by atoms with van der Waals surface area (Å²) in [7, 11) is 0. The van der Waals surface area contributed by atoms with Crippen molar-refractivity contribution in [2.45, 2.75) is 71.1 Å². The van der Waals surface area contributed by atoms with Gasteiger partial charge in [-0.05, 0) is 89.9 Å². The maximum atomic E-state index is 11.5. The highest BCUT2D eigenvalue weighted by molar-refractivity contribution is 5.96. The van der Waals surface area contributed by atoms with Crippen LogP contribution in [-0.4, -0.2) is 17.6 Å². The lowest BCUT2D eigenvalue weighted by Gasteiger charge is -2.33. The first-order chi connectivity index (χ1) is 26.5. The Bertz CT molecular complexity index is 2040. The number of benzene rings is 5. The van der Waals surface area contributed by atoms with Crippen LogP contribution in [0, 0.1) is 11.3 Å². The lowest BCUT2D eigenvalue weighted by molar-refractivity contribution is -0.132. The van der Waals surface area contributed by atoms with Crippen LogP contribution in [0.2, 0.25) is 0 Å². The van der Waals surface area contributed by atoms with Gasteiger partial charge >= 0.3 is 5.97 Å². The topological polar surface area (TPSA) is 76.8 Å². The molecule has 0 amide bonds. The van der Waals surface area contributed by atoms with Crippen LogP contribution >= 0.6 is 0 Å². The SMILES string of the molecule is CCCCCCCCCCCCN1c2ccc(/C=C(/C#N)C(=O)O)cc2Oc2cc(/C=C/c3ccc(N(c4ccccc4)c4ccccc4)cc3)ccc21. The van der Waals surface area contributed by atoms with Crippen molar-refractivity contribution in [1.29, 1.82) is 5.26 Å². The number of rotatable bonds is 18. The van der Waals surface area contributed by atoms with Gasteiger partial charge in [0, 0.05) is 23.6 Å². The fourth-order valence-corrected chi connectivity index (χ4v) is 6.95. The number of carbonyl (C=O) groups is 1. The minimum atomic E-state index is -1.25. The molecule has 1 heterocycles. The smallest absolute Gasteiger partial charge is 0.346 e. The molecule has 0 unspecified atom stereocenters. The zero-order valence-corrected chi connectivity index (χ0v) is 31.2. The van der Waals surface area contributed by atoms with Crippen LogP contribution < -0.4 is 14.5 Å². The Morgan fingerprint density at radius 2 is 1.13 bits per heavy atom. The third kappa shape index (κ3) is 9.87. The molecular weight excluding hydrogens is 667 g/mol. The monoisotopic (exact) mass is 715 g/mol. The second-order valence-electron chi connectivity index (χ2n) is 13.8. The van der Waals surface area contributed by atoms with Gasteiger partial charge in [0.15, 0.2) is 11.5 Å². The highest BCUT2D eigenvalue weighted by Gasteiger charge is 2.25. The zero-order valence-electron chi connectivity index (χ0n) is 31.2. The van der Waals surface area contributed by atoms with Crippen LogP contribution in [-0.2, 0) is 4.79 Å². The molecule has 0 atom stereocenters. The largest absolute Gasteiger partial charge is 0.477 e. The van der Waals surface area contributed by atoms with E-state index in [0.717, 1.165) is 64.7 Å². The minimum Gasteiger partial charge on any atom is -0.477 e. The molecule has 0 aliphatic carbocycles. The number of anilines is 5. The number of hydrogen-bond donors (Lipinski definition) is 1. The zero-order chi connectivity index (χ0) is 37.5. The van der Waals surface area contributed by atoms with Gasteiger partial charge in [-0.3, -0.25) is 0 Å². The number of carboxylic acids is 1. The average molecular weight is 716 g/mol. The van der Waals surface area contributed by atoms with E-state index in [1.807, 2.05) is 30.3 Å². The summed E-state index contributed by atoms with van der Waals surface area (Å²) in [5.74, 6) is 0.136. The summed E-state index contributed by atoms with van der Waals surface area (Å²) < 4.78 is 6.50. The summed E-state index contributed by atoms with van der Waals surface area (Å²) in [5.41, 5.74) is 7.59. The standard InChI is InChI=1S/C48H49N3O3/c1-2-3-4-5-6-7-8-9-10-17-32-50-44-30-26-38(34-46(44)54-47-35-39(27-31-45(47)50)33-40(36-49)48(52)53)23-22-37-24-28-43(29-25-37)51(41-18-13-11-14-19-41)42-20-15-12-16-21-42/h11-16,18-31,33-35H,2-10,17,32H2,1H3,(H,52,53)/b23-22+,40-33-. The van der Waals surface area contributed by atoms with E-state index in [9.17, 15) is 15.2 Å². The van der Waals surface area contributed by atoms with E-state index in [2.05, 4.69) is 120 Å². The summed E-state index contributed by atoms with van der Waals surface area (Å²) >= 11 is 0. The van der Waals surface area contributed by atoms with Crippen LogP contribution in [0.1, 0.15) is 87.8 Å². The number of para-hydroxylation sites is 2. The van der Waals surface area contributed by atoms with Gasteiger partial charge in [0.05, 0.1) is 11.4 Å². The van der Waals surface area contributed by atoms with Crippen molar-refractivity contribution < 1.29 is 14.6 Å². The molecule has 5 aromatic carbocycles. The number of fused-ring (bicyclic) bond motifs is 2. The van der Waals surface area contributed by atoms with E-state index in [1.165, 1.54) is 57.4 Å². The number of aliphatic carboxylic acids is 1. The molecular formula is C48H49N3O3. The highest BCUT2D eigenvalue weighted by Crippen LogP contribution is 2.48. The predicted octanol–water partition coefficient (Wildman–Crippen LogP) is 13.5. The second-order valence-corrected chi connectivity index (χ2v) is 13.8. The van der Waals surface area contributed by atoms with Gasteiger partial charge in [-0.2, -0.15) is 5.26 Å². The Morgan fingerprint density at radius 1 is 0.648 bits per heavy atom. The lowest BCUT2D eigenvalue weighted by atomic mass is 10.0. The molecule has 54 heavy (non-hydrogen) atoms. The average Bonchev–Trinajstić information content (AvgIpc) is 3.20. The molecule has 0 aromatic heterocycles. The Balaban J connectivity index is 1.19. The number of nitrogens with zero attached hydrogens (tertiary/aromatic N) is 3. The second kappa shape index (κ2) is 19.1. The number of unbranched alkanes of at least 4 members (excludes halogenated alkanes) is 9. The first kappa shape index (κ1) is 37.7. The van der Waals surface area contributed by atoms with Gasteiger partial charge < -0.3 is 19.6 Å². The van der Waals surface area contributed by atoms with E-state index in [0.29, 0.717) is 11.3 Å². The first-order valence-corrected chi connectivity index (χ1v) is 19.3. The van der Waals surface area contributed by atoms with Crippen molar-refractivity contribution in [3.63, 3.8) is 0 Å². The molecule has 6 rings (SSSR count). The Morgan fingerprint density at radius 3 is 1.69 bits per heavy atom. The quantitative estimate of drug-likeness (QED) is 0.0421. The number of hydrogen-bond acceptors (Lipinski definition) is 5. The van der Waals surface area contributed by atoms with Crippen molar-refractivity contribution in [2.24, 2.45) is 0 Å². The fourth-order valence-electron chi connectivity index (χ4n) is 6.95. The molecule has 0 saturated carbocycles. The molecule has 0 radical (unpaired) electrons. The summed E-state index contributed by atoms with van der Waals surface area (Å²) in [6.07, 6.45) is 18.3. The Labute approximate surface area is 320 Å². The van der Waals surface area contributed by atoms with Crippen molar-refractivity contribution >= 4 is 52.6 Å². The normalized spacial score (nSPS) is 12.1. The van der Waals surface area contributed by atoms with E-state index in [4.69, 9.17) is 4.74 Å².